The predicted molar refractivity (Wildman–Crippen MR) is 75.0 cm³/mol. The van der Waals surface area contributed by atoms with Crippen LogP contribution in [0.5, 0.6) is 0 Å². The van der Waals surface area contributed by atoms with E-state index >= 15 is 0 Å². The molecule has 2 N–H and O–H groups in total. The molecule has 1 aromatic rings. The summed E-state index contributed by atoms with van der Waals surface area (Å²) in [5.74, 6) is -1.07. The lowest BCUT2D eigenvalue weighted by Crippen LogP contribution is -2.45. The Morgan fingerprint density at radius 1 is 1.30 bits per heavy atom. The van der Waals surface area contributed by atoms with E-state index in [0.29, 0.717) is 13.2 Å². The van der Waals surface area contributed by atoms with Crippen LogP contribution in [0.15, 0.2) is 18.2 Å². The van der Waals surface area contributed by atoms with E-state index < -0.39 is 11.8 Å². The minimum absolute atomic E-state index is 0.154. The number of anilines is 1. The molecule has 5 nitrogen and oxygen atoms in total. The number of hydrogen-bond acceptors (Lipinski definition) is 5. The van der Waals surface area contributed by atoms with Crippen LogP contribution in [-0.4, -0.2) is 62.1 Å². The molecular formula is C14H20FN3O2. The number of likely N-dealkylation sites (N-methyl/N-ethyl adjacent to an activating group) is 1. The highest BCUT2D eigenvalue weighted by Gasteiger charge is 2.14. The molecule has 0 aliphatic carbocycles. The second kappa shape index (κ2) is 6.67. The van der Waals surface area contributed by atoms with Gasteiger partial charge in [-0.25, -0.2) is 9.18 Å². The molecule has 1 aromatic carbocycles. The Morgan fingerprint density at radius 2 is 2.00 bits per heavy atom. The fraction of sp³-hybridized carbons (Fsp3) is 0.500. The summed E-state index contributed by atoms with van der Waals surface area (Å²) >= 11 is 0. The van der Waals surface area contributed by atoms with Crippen LogP contribution in [0.1, 0.15) is 10.4 Å². The molecule has 110 valence electrons. The van der Waals surface area contributed by atoms with E-state index in [4.69, 9.17) is 10.5 Å². The van der Waals surface area contributed by atoms with E-state index in [9.17, 15) is 9.18 Å². The standard InChI is InChI=1S/C14H20FN3O2/c1-17-2-4-18(5-3-17)6-7-20-14(19)11-8-12(15)10-13(16)9-11/h8-10H,2-7,16H2,1H3. The molecule has 0 radical (unpaired) electrons. The monoisotopic (exact) mass is 281 g/mol. The second-order valence-corrected chi connectivity index (χ2v) is 5.05. The summed E-state index contributed by atoms with van der Waals surface area (Å²) in [6.07, 6.45) is 0. The SMILES string of the molecule is CN1CCN(CCOC(=O)c2cc(N)cc(F)c2)CC1. The average molecular weight is 281 g/mol. The van der Waals surface area contributed by atoms with Crippen molar-refractivity contribution in [3.63, 3.8) is 0 Å². The number of rotatable bonds is 4. The van der Waals surface area contributed by atoms with Crippen LogP contribution in [0.4, 0.5) is 10.1 Å². The van der Waals surface area contributed by atoms with Gasteiger partial charge in [-0.3, -0.25) is 4.90 Å². The molecule has 1 aliphatic heterocycles. The average Bonchev–Trinajstić information content (AvgIpc) is 2.40. The van der Waals surface area contributed by atoms with Crippen molar-refractivity contribution in [1.82, 2.24) is 9.80 Å². The summed E-state index contributed by atoms with van der Waals surface area (Å²) in [6.45, 7) is 4.99. The maximum Gasteiger partial charge on any atom is 0.338 e. The van der Waals surface area contributed by atoms with Crippen LogP contribution >= 0.6 is 0 Å². The lowest BCUT2D eigenvalue weighted by molar-refractivity contribution is 0.0432. The van der Waals surface area contributed by atoms with Gasteiger partial charge in [0.25, 0.3) is 0 Å². The molecular weight excluding hydrogens is 261 g/mol. The number of benzene rings is 1. The molecule has 0 bridgehead atoms. The van der Waals surface area contributed by atoms with Crippen molar-refractivity contribution in [2.75, 3.05) is 52.1 Å². The highest BCUT2D eigenvalue weighted by Crippen LogP contribution is 2.12. The minimum Gasteiger partial charge on any atom is -0.461 e. The van der Waals surface area contributed by atoms with E-state index in [1.165, 1.54) is 12.1 Å². The Kier molecular flexibility index (Phi) is 4.92. The van der Waals surface area contributed by atoms with Gasteiger partial charge in [0.05, 0.1) is 5.56 Å². The second-order valence-electron chi connectivity index (χ2n) is 5.05. The molecule has 20 heavy (non-hydrogen) atoms. The number of ether oxygens (including phenoxy) is 1. The fourth-order valence-electron chi connectivity index (χ4n) is 2.15. The third-order valence-corrected chi connectivity index (χ3v) is 3.39. The van der Waals surface area contributed by atoms with Crippen molar-refractivity contribution in [2.24, 2.45) is 0 Å². The van der Waals surface area contributed by atoms with Crippen LogP contribution in [-0.2, 0) is 4.74 Å². The van der Waals surface area contributed by atoms with Crippen molar-refractivity contribution < 1.29 is 13.9 Å². The smallest absolute Gasteiger partial charge is 0.338 e. The number of piperazine rings is 1. The van der Waals surface area contributed by atoms with Gasteiger partial charge < -0.3 is 15.4 Å². The first-order chi connectivity index (χ1) is 9.54. The summed E-state index contributed by atoms with van der Waals surface area (Å²) in [5, 5.41) is 0. The first-order valence-corrected chi connectivity index (χ1v) is 6.68. The van der Waals surface area contributed by atoms with Gasteiger partial charge in [-0.1, -0.05) is 0 Å². The quantitative estimate of drug-likeness (QED) is 0.654. The maximum atomic E-state index is 13.1. The highest BCUT2D eigenvalue weighted by atomic mass is 19.1. The van der Waals surface area contributed by atoms with Gasteiger partial charge in [-0.2, -0.15) is 0 Å². The van der Waals surface area contributed by atoms with E-state index in [1.807, 2.05) is 0 Å². The molecule has 1 saturated heterocycles. The molecule has 0 atom stereocenters. The molecule has 6 heteroatoms. The number of hydrogen-bond donors (Lipinski definition) is 1. The number of carbonyl (C=O) groups excluding carboxylic acids is 1. The molecule has 0 saturated carbocycles. The number of nitrogen functional groups attached to an aromatic ring is 1. The maximum absolute atomic E-state index is 13.1. The Labute approximate surface area is 118 Å². The van der Waals surface area contributed by atoms with Crippen molar-refractivity contribution in [1.29, 1.82) is 0 Å². The van der Waals surface area contributed by atoms with Crippen molar-refractivity contribution in [3.8, 4) is 0 Å². The highest BCUT2D eigenvalue weighted by molar-refractivity contribution is 5.90. The molecule has 0 amide bonds. The van der Waals surface area contributed by atoms with Crippen LogP contribution in [0, 0.1) is 5.82 Å². The summed E-state index contributed by atoms with van der Waals surface area (Å²) in [5.41, 5.74) is 5.87. The van der Waals surface area contributed by atoms with Crippen molar-refractivity contribution >= 4 is 11.7 Å². The van der Waals surface area contributed by atoms with Gasteiger partial charge in [0.1, 0.15) is 12.4 Å². The van der Waals surface area contributed by atoms with Crippen molar-refractivity contribution in [3.05, 3.63) is 29.6 Å². The molecule has 0 aromatic heterocycles. The number of halogens is 1. The number of nitrogens with zero attached hydrogens (tertiary/aromatic N) is 2. The lowest BCUT2D eigenvalue weighted by Gasteiger charge is -2.32. The molecule has 0 spiro atoms. The zero-order valence-electron chi connectivity index (χ0n) is 11.6. The van der Waals surface area contributed by atoms with Gasteiger partial charge in [0.2, 0.25) is 0 Å². The Bertz CT molecular complexity index is 453. The molecule has 0 unspecified atom stereocenters. The normalized spacial score (nSPS) is 17.1. The van der Waals surface area contributed by atoms with Gasteiger partial charge in [-0.15, -0.1) is 0 Å². The minimum atomic E-state index is -0.537. The molecule has 2 rings (SSSR count). The summed E-state index contributed by atoms with van der Waals surface area (Å²) in [7, 11) is 2.09. The van der Waals surface area contributed by atoms with Crippen LogP contribution < -0.4 is 5.73 Å². The predicted octanol–water partition coefficient (Wildman–Crippen LogP) is 0.812. The van der Waals surface area contributed by atoms with Gasteiger partial charge in [0, 0.05) is 38.4 Å². The van der Waals surface area contributed by atoms with E-state index in [2.05, 4.69) is 16.8 Å². The molecule has 1 aliphatic rings. The topological polar surface area (TPSA) is 58.8 Å². The van der Waals surface area contributed by atoms with E-state index in [-0.39, 0.29) is 11.3 Å². The zero-order valence-corrected chi connectivity index (χ0v) is 11.6. The van der Waals surface area contributed by atoms with Gasteiger partial charge in [0.15, 0.2) is 0 Å². The fourth-order valence-corrected chi connectivity index (χ4v) is 2.15. The molecule has 1 heterocycles. The Balaban J connectivity index is 1.77. The zero-order chi connectivity index (χ0) is 14.5. The van der Waals surface area contributed by atoms with E-state index in [0.717, 1.165) is 32.2 Å². The van der Waals surface area contributed by atoms with Crippen LogP contribution in [0.3, 0.4) is 0 Å². The molecule has 1 fully saturated rings. The summed E-state index contributed by atoms with van der Waals surface area (Å²) in [4.78, 5) is 16.3. The van der Waals surface area contributed by atoms with E-state index in [1.54, 1.807) is 0 Å². The largest absolute Gasteiger partial charge is 0.461 e. The summed E-state index contributed by atoms with van der Waals surface area (Å²) in [6, 6.07) is 3.72. The summed E-state index contributed by atoms with van der Waals surface area (Å²) < 4.78 is 18.3. The number of esters is 1. The lowest BCUT2D eigenvalue weighted by atomic mass is 10.2. The Hall–Kier alpha value is -1.66. The van der Waals surface area contributed by atoms with Gasteiger partial charge >= 0.3 is 5.97 Å². The third kappa shape index (κ3) is 4.18. The van der Waals surface area contributed by atoms with Crippen LogP contribution in [0.25, 0.3) is 0 Å². The first kappa shape index (κ1) is 14.7. The number of nitrogens with two attached hydrogens (primary N) is 1. The van der Waals surface area contributed by atoms with Crippen molar-refractivity contribution in [2.45, 2.75) is 0 Å². The Morgan fingerprint density at radius 3 is 2.65 bits per heavy atom. The third-order valence-electron chi connectivity index (χ3n) is 3.39. The first-order valence-electron chi connectivity index (χ1n) is 6.68. The number of carbonyl (C=O) groups is 1. The van der Waals surface area contributed by atoms with Crippen LogP contribution in [0.2, 0.25) is 0 Å². The van der Waals surface area contributed by atoms with Gasteiger partial charge in [-0.05, 0) is 25.2 Å².